The minimum Gasteiger partial charge on any atom is -0.494 e. The molecule has 0 saturated carbocycles. The fourth-order valence-corrected chi connectivity index (χ4v) is 5.78. The van der Waals surface area contributed by atoms with Crippen LogP contribution in [0.15, 0.2) is 61.4 Å². The molecule has 45 heavy (non-hydrogen) atoms. The molecule has 11 heteroatoms. The Morgan fingerprint density at radius 1 is 1.20 bits per heavy atom. The van der Waals surface area contributed by atoms with Gasteiger partial charge in [-0.3, -0.25) is 4.79 Å². The van der Waals surface area contributed by atoms with Gasteiger partial charge in [0.2, 0.25) is 11.9 Å². The SMILES string of the molecule is C=CC(=O)Nc1cc(Nc2ncc(C(=O)OC(C)C)c(-c3cn(C)c4ccccc34)n2)c(OC)cc1N(C)C[C@H]1CCCN1C. The number of anilines is 4. The molecular formula is C34H41N7O4. The number of rotatable bonds is 11. The summed E-state index contributed by atoms with van der Waals surface area (Å²) in [7, 11) is 7.68. The van der Waals surface area contributed by atoms with E-state index in [1.807, 2.05) is 55.2 Å². The predicted octanol–water partition coefficient (Wildman–Crippen LogP) is 5.61. The smallest absolute Gasteiger partial charge is 0.342 e. The van der Waals surface area contributed by atoms with Crippen molar-refractivity contribution in [2.45, 2.75) is 38.8 Å². The predicted molar refractivity (Wildman–Crippen MR) is 179 cm³/mol. The van der Waals surface area contributed by atoms with Gasteiger partial charge < -0.3 is 34.5 Å². The van der Waals surface area contributed by atoms with Crippen LogP contribution in [0.1, 0.15) is 37.0 Å². The molecule has 1 atom stereocenters. The third-order valence-corrected chi connectivity index (χ3v) is 8.08. The summed E-state index contributed by atoms with van der Waals surface area (Å²) in [6.45, 7) is 9.07. The Kier molecular flexibility index (Phi) is 9.38. The van der Waals surface area contributed by atoms with Crippen molar-refractivity contribution >= 4 is 45.8 Å². The van der Waals surface area contributed by atoms with Crippen LogP contribution < -0.4 is 20.3 Å². The highest BCUT2D eigenvalue weighted by Gasteiger charge is 2.25. The van der Waals surface area contributed by atoms with Gasteiger partial charge in [-0.15, -0.1) is 0 Å². The van der Waals surface area contributed by atoms with E-state index in [1.54, 1.807) is 27.0 Å². The monoisotopic (exact) mass is 611 g/mol. The van der Waals surface area contributed by atoms with E-state index in [-0.39, 0.29) is 23.5 Å². The molecule has 2 aromatic carbocycles. The van der Waals surface area contributed by atoms with Gasteiger partial charge in [0.25, 0.3) is 0 Å². The van der Waals surface area contributed by atoms with Gasteiger partial charge in [0.15, 0.2) is 0 Å². The number of esters is 1. The van der Waals surface area contributed by atoms with Gasteiger partial charge >= 0.3 is 5.97 Å². The molecule has 236 valence electrons. The largest absolute Gasteiger partial charge is 0.494 e. The van der Waals surface area contributed by atoms with Crippen LogP contribution in [0.2, 0.25) is 0 Å². The van der Waals surface area contributed by atoms with Crippen LogP contribution in [-0.4, -0.2) is 77.8 Å². The minimum absolute atomic E-state index is 0.243. The molecule has 0 unspecified atom stereocenters. The van der Waals surface area contributed by atoms with Crippen LogP contribution in [0.25, 0.3) is 22.2 Å². The first-order valence-corrected chi connectivity index (χ1v) is 15.1. The summed E-state index contributed by atoms with van der Waals surface area (Å²) in [5, 5.41) is 7.15. The highest BCUT2D eigenvalue weighted by molar-refractivity contribution is 6.04. The van der Waals surface area contributed by atoms with E-state index in [0.29, 0.717) is 28.9 Å². The molecular weight excluding hydrogens is 570 g/mol. The summed E-state index contributed by atoms with van der Waals surface area (Å²) < 4.78 is 13.3. The summed E-state index contributed by atoms with van der Waals surface area (Å²) in [6, 6.07) is 12.0. The van der Waals surface area contributed by atoms with Crippen molar-refractivity contribution in [3.8, 4) is 17.0 Å². The average Bonchev–Trinajstić information content (AvgIpc) is 3.58. The first-order valence-electron chi connectivity index (χ1n) is 15.1. The van der Waals surface area contributed by atoms with E-state index in [9.17, 15) is 9.59 Å². The lowest BCUT2D eigenvalue weighted by Crippen LogP contribution is -2.37. The molecule has 0 bridgehead atoms. The van der Waals surface area contributed by atoms with Crippen LogP contribution in [-0.2, 0) is 16.6 Å². The number of carbonyl (C=O) groups is 2. The third-order valence-electron chi connectivity index (χ3n) is 8.08. The average molecular weight is 612 g/mol. The number of methoxy groups -OCH3 is 1. The Morgan fingerprint density at radius 3 is 2.67 bits per heavy atom. The number of ether oxygens (including phenoxy) is 2. The van der Waals surface area contributed by atoms with Gasteiger partial charge in [-0.05, 0) is 58.5 Å². The third kappa shape index (κ3) is 6.78. The highest BCUT2D eigenvalue weighted by Crippen LogP contribution is 2.39. The van der Waals surface area contributed by atoms with E-state index < -0.39 is 5.97 Å². The normalized spacial score (nSPS) is 14.9. The van der Waals surface area contributed by atoms with Gasteiger partial charge in [0.05, 0.1) is 36.0 Å². The van der Waals surface area contributed by atoms with Crippen molar-refractivity contribution in [1.29, 1.82) is 0 Å². The van der Waals surface area contributed by atoms with Crippen molar-refractivity contribution in [3.63, 3.8) is 0 Å². The maximum absolute atomic E-state index is 13.2. The number of para-hydroxylation sites is 1. The molecule has 3 heterocycles. The van der Waals surface area contributed by atoms with Gasteiger partial charge in [0.1, 0.15) is 11.3 Å². The number of likely N-dealkylation sites (N-methyl/N-ethyl adjacent to an activating group) is 2. The molecule has 1 amide bonds. The number of aromatic nitrogens is 3. The zero-order chi connectivity index (χ0) is 32.2. The molecule has 0 aliphatic carbocycles. The standard InChI is InChI=1S/C34H41N7O4/c1-8-31(42)36-26-16-27(30(44-7)17-29(26)40(5)19-22-12-11-15-39(22)4)37-34-35-18-24(33(43)45-21(2)3)32(38-34)25-20-41(6)28-14-10-9-13-23(25)28/h8-10,13-14,16-18,20-22H,1,11-12,15,19H2,2-7H3,(H,36,42)(H,35,37,38)/t22-/m1/s1. The van der Waals surface area contributed by atoms with Crippen molar-refractivity contribution in [1.82, 2.24) is 19.4 Å². The molecule has 2 aromatic heterocycles. The lowest BCUT2D eigenvalue weighted by Gasteiger charge is -2.29. The number of nitrogens with one attached hydrogen (secondary N) is 2. The van der Waals surface area contributed by atoms with Crippen molar-refractivity contribution in [3.05, 3.63) is 67.0 Å². The Bertz CT molecular complexity index is 1730. The van der Waals surface area contributed by atoms with Crippen LogP contribution in [0, 0.1) is 0 Å². The molecule has 0 spiro atoms. The minimum atomic E-state index is -0.508. The number of hydrogen-bond acceptors (Lipinski definition) is 9. The van der Waals surface area contributed by atoms with Crippen LogP contribution in [0.4, 0.5) is 23.0 Å². The molecule has 5 rings (SSSR count). The fourth-order valence-electron chi connectivity index (χ4n) is 5.78. The Morgan fingerprint density at radius 2 is 1.98 bits per heavy atom. The van der Waals surface area contributed by atoms with Crippen LogP contribution in [0.5, 0.6) is 5.75 Å². The number of nitrogens with zero attached hydrogens (tertiary/aromatic N) is 5. The Balaban J connectivity index is 1.57. The summed E-state index contributed by atoms with van der Waals surface area (Å²) in [6.07, 6.45) is 6.62. The number of hydrogen-bond donors (Lipinski definition) is 2. The Hall–Kier alpha value is -4.90. The van der Waals surface area contributed by atoms with Crippen LogP contribution >= 0.6 is 0 Å². The van der Waals surface area contributed by atoms with Crippen molar-refractivity contribution < 1.29 is 19.1 Å². The van der Waals surface area contributed by atoms with Gasteiger partial charge in [-0.1, -0.05) is 24.8 Å². The molecule has 1 aliphatic heterocycles. The number of aryl methyl sites for hydroxylation is 1. The molecule has 1 saturated heterocycles. The first kappa shape index (κ1) is 31.5. The van der Waals surface area contributed by atoms with Gasteiger partial charge in [-0.2, -0.15) is 0 Å². The second-order valence-corrected chi connectivity index (χ2v) is 11.6. The maximum Gasteiger partial charge on any atom is 0.342 e. The fraction of sp³-hybridized carbons (Fsp3) is 0.353. The number of benzene rings is 2. The molecule has 11 nitrogen and oxygen atoms in total. The molecule has 2 N–H and O–H groups in total. The van der Waals surface area contributed by atoms with E-state index in [0.717, 1.165) is 48.1 Å². The van der Waals surface area contributed by atoms with Crippen molar-refractivity contribution in [2.75, 3.05) is 49.8 Å². The van der Waals surface area contributed by atoms with Crippen molar-refractivity contribution in [2.24, 2.45) is 7.05 Å². The topological polar surface area (TPSA) is 114 Å². The van der Waals surface area contributed by atoms with Crippen LogP contribution in [0.3, 0.4) is 0 Å². The summed E-state index contributed by atoms with van der Waals surface area (Å²) in [5.41, 5.74) is 4.38. The van der Waals surface area contributed by atoms with Gasteiger partial charge in [0, 0.05) is 61.6 Å². The van der Waals surface area contributed by atoms with E-state index in [1.165, 1.54) is 12.3 Å². The quantitative estimate of drug-likeness (QED) is 0.165. The summed E-state index contributed by atoms with van der Waals surface area (Å²) >= 11 is 0. The van der Waals surface area contributed by atoms with E-state index >= 15 is 0 Å². The second kappa shape index (κ2) is 13.4. The van der Waals surface area contributed by atoms with E-state index in [4.69, 9.17) is 14.5 Å². The molecule has 1 fully saturated rings. The second-order valence-electron chi connectivity index (χ2n) is 11.6. The molecule has 1 aliphatic rings. The zero-order valence-corrected chi connectivity index (χ0v) is 26.8. The molecule has 0 radical (unpaired) electrons. The highest BCUT2D eigenvalue weighted by atomic mass is 16.5. The van der Waals surface area contributed by atoms with E-state index in [2.05, 4.69) is 39.0 Å². The number of likely N-dealkylation sites (tertiary alicyclic amines) is 1. The summed E-state index contributed by atoms with van der Waals surface area (Å²) in [4.78, 5) is 39.5. The number of fused-ring (bicyclic) bond motifs is 1. The molecule has 4 aromatic rings. The number of carbonyl (C=O) groups excluding carboxylic acids is 2. The Labute approximate surface area is 263 Å². The lowest BCUT2D eigenvalue weighted by molar-refractivity contribution is -0.111. The number of amides is 1. The first-order chi connectivity index (χ1) is 21.6. The van der Waals surface area contributed by atoms with Gasteiger partial charge in [-0.25, -0.2) is 14.8 Å². The summed E-state index contributed by atoms with van der Waals surface area (Å²) in [5.74, 6) is -0.0631. The lowest BCUT2D eigenvalue weighted by atomic mass is 10.1. The maximum atomic E-state index is 13.2. The zero-order valence-electron chi connectivity index (χ0n) is 26.8.